The number of Topliss-reactive ketones (excluding diaryl/α,β-unsaturated/α-hetero) is 1. The molecule has 0 aromatic carbocycles. The number of carbonyl (C=O) groups excluding carboxylic acids is 1. The quantitative estimate of drug-likeness (QED) is 0.808. The van der Waals surface area contributed by atoms with Crippen molar-refractivity contribution in [1.82, 2.24) is 9.88 Å². The first-order valence-electron chi connectivity index (χ1n) is 6.41. The van der Waals surface area contributed by atoms with Crippen LogP contribution in [0.3, 0.4) is 0 Å². The number of thiazole rings is 1. The van der Waals surface area contributed by atoms with E-state index in [0.29, 0.717) is 17.9 Å². The lowest BCUT2D eigenvalue weighted by atomic mass is 9.84. The molecule has 2 saturated heterocycles. The molecule has 2 atom stereocenters. The maximum absolute atomic E-state index is 11.6. The number of aromatic nitrogens is 1. The van der Waals surface area contributed by atoms with Gasteiger partial charge in [0.05, 0.1) is 5.01 Å². The molecule has 2 bridgehead atoms. The molecule has 2 fully saturated rings. The van der Waals surface area contributed by atoms with Gasteiger partial charge >= 0.3 is 0 Å². The topological polar surface area (TPSA) is 33.2 Å². The van der Waals surface area contributed by atoms with Gasteiger partial charge in [-0.2, -0.15) is 0 Å². The minimum atomic E-state index is 0.469. The molecule has 3 heterocycles. The second kappa shape index (κ2) is 4.50. The molecule has 2 aliphatic heterocycles. The highest BCUT2D eigenvalue weighted by Gasteiger charge is 2.37. The minimum Gasteiger partial charge on any atom is -0.300 e. The number of rotatable bonds is 2. The number of fused-ring (bicyclic) bond motifs is 2. The molecule has 1 aromatic rings. The van der Waals surface area contributed by atoms with Crippen LogP contribution in [-0.4, -0.2) is 27.8 Å². The van der Waals surface area contributed by atoms with Crippen LogP contribution in [0, 0.1) is 6.92 Å². The average Bonchev–Trinajstić information content (AvgIpc) is 2.65. The molecule has 0 radical (unpaired) electrons. The molecule has 2 aliphatic rings. The summed E-state index contributed by atoms with van der Waals surface area (Å²) in [4.78, 5) is 19.9. The van der Waals surface area contributed by atoms with E-state index in [0.717, 1.165) is 24.4 Å². The summed E-state index contributed by atoms with van der Waals surface area (Å²) in [6.07, 6.45) is 7.22. The lowest BCUT2D eigenvalue weighted by Gasteiger charge is -2.45. The van der Waals surface area contributed by atoms with Gasteiger partial charge in [0.15, 0.2) is 0 Å². The number of ketones is 1. The number of aryl methyl sites for hydroxylation is 1. The lowest BCUT2D eigenvalue weighted by molar-refractivity contribution is -0.127. The molecule has 17 heavy (non-hydrogen) atoms. The number of piperidine rings is 2. The number of carbonyl (C=O) groups is 1. The van der Waals surface area contributed by atoms with Crippen molar-refractivity contribution in [2.45, 2.75) is 57.7 Å². The van der Waals surface area contributed by atoms with Crippen LogP contribution in [0.25, 0.3) is 0 Å². The third-order valence-corrected chi connectivity index (χ3v) is 4.84. The molecule has 0 aliphatic carbocycles. The van der Waals surface area contributed by atoms with Crippen LogP contribution in [0.5, 0.6) is 0 Å². The van der Waals surface area contributed by atoms with Crippen molar-refractivity contribution < 1.29 is 4.79 Å². The highest BCUT2D eigenvalue weighted by Crippen LogP contribution is 2.34. The van der Waals surface area contributed by atoms with Crippen LogP contribution in [-0.2, 0) is 11.3 Å². The summed E-state index contributed by atoms with van der Waals surface area (Å²) in [5.74, 6) is 0.469. The van der Waals surface area contributed by atoms with Gasteiger partial charge in [0.2, 0.25) is 0 Å². The van der Waals surface area contributed by atoms with E-state index in [1.807, 2.05) is 6.20 Å². The van der Waals surface area contributed by atoms with Gasteiger partial charge in [-0.3, -0.25) is 9.69 Å². The molecule has 0 saturated carbocycles. The fourth-order valence-corrected chi connectivity index (χ4v) is 3.99. The Balaban J connectivity index is 1.76. The van der Waals surface area contributed by atoms with Crippen molar-refractivity contribution in [3.8, 4) is 0 Å². The maximum atomic E-state index is 11.6. The molecule has 0 amide bonds. The Labute approximate surface area is 106 Å². The molecule has 0 N–H and O–H groups in total. The van der Waals surface area contributed by atoms with E-state index in [2.05, 4.69) is 16.8 Å². The van der Waals surface area contributed by atoms with Crippen molar-refractivity contribution in [3.63, 3.8) is 0 Å². The zero-order chi connectivity index (χ0) is 11.8. The van der Waals surface area contributed by atoms with E-state index >= 15 is 0 Å². The van der Waals surface area contributed by atoms with E-state index in [1.54, 1.807) is 11.3 Å². The second-order valence-corrected chi connectivity index (χ2v) is 6.52. The Morgan fingerprint density at radius 2 is 2.12 bits per heavy atom. The summed E-state index contributed by atoms with van der Waals surface area (Å²) in [5.41, 5.74) is 0. The minimum absolute atomic E-state index is 0.469. The van der Waals surface area contributed by atoms with Crippen molar-refractivity contribution in [1.29, 1.82) is 0 Å². The molecule has 3 rings (SSSR count). The van der Waals surface area contributed by atoms with E-state index in [9.17, 15) is 4.79 Å². The van der Waals surface area contributed by atoms with Crippen LogP contribution in [0.4, 0.5) is 0 Å². The van der Waals surface area contributed by atoms with Gasteiger partial charge in [0.1, 0.15) is 5.78 Å². The Morgan fingerprint density at radius 1 is 1.41 bits per heavy atom. The van der Waals surface area contributed by atoms with E-state index in [1.165, 1.54) is 24.1 Å². The van der Waals surface area contributed by atoms with Gasteiger partial charge < -0.3 is 0 Å². The number of nitrogens with zero attached hydrogens (tertiary/aromatic N) is 2. The van der Waals surface area contributed by atoms with Crippen molar-refractivity contribution in [2.24, 2.45) is 0 Å². The maximum Gasteiger partial charge on any atom is 0.136 e. The van der Waals surface area contributed by atoms with Crippen molar-refractivity contribution >= 4 is 17.1 Å². The van der Waals surface area contributed by atoms with Crippen LogP contribution in [0.2, 0.25) is 0 Å². The summed E-state index contributed by atoms with van der Waals surface area (Å²) >= 11 is 1.78. The van der Waals surface area contributed by atoms with Crippen LogP contribution in [0.15, 0.2) is 6.20 Å². The average molecular weight is 250 g/mol. The first-order chi connectivity index (χ1) is 8.22. The van der Waals surface area contributed by atoms with Crippen molar-refractivity contribution in [3.05, 3.63) is 16.1 Å². The fourth-order valence-electron chi connectivity index (χ4n) is 3.18. The van der Waals surface area contributed by atoms with Gasteiger partial charge in [-0.25, -0.2) is 4.98 Å². The zero-order valence-electron chi connectivity index (χ0n) is 10.2. The molecule has 0 spiro atoms. The Hall–Kier alpha value is -0.740. The van der Waals surface area contributed by atoms with Crippen LogP contribution < -0.4 is 0 Å². The first-order valence-corrected chi connectivity index (χ1v) is 7.23. The highest BCUT2D eigenvalue weighted by molar-refractivity contribution is 7.11. The zero-order valence-corrected chi connectivity index (χ0v) is 11.0. The van der Waals surface area contributed by atoms with Gasteiger partial charge in [-0.15, -0.1) is 11.3 Å². The number of hydrogen-bond acceptors (Lipinski definition) is 4. The largest absolute Gasteiger partial charge is 0.300 e. The number of hydrogen-bond donors (Lipinski definition) is 0. The predicted molar refractivity (Wildman–Crippen MR) is 68.1 cm³/mol. The summed E-state index contributed by atoms with van der Waals surface area (Å²) in [6, 6.07) is 0.995. The Kier molecular flexibility index (Phi) is 3.01. The van der Waals surface area contributed by atoms with Gasteiger partial charge in [-0.1, -0.05) is 6.42 Å². The van der Waals surface area contributed by atoms with E-state index < -0.39 is 0 Å². The van der Waals surface area contributed by atoms with Gasteiger partial charge in [0, 0.05) is 42.5 Å². The van der Waals surface area contributed by atoms with E-state index in [-0.39, 0.29) is 0 Å². The Bertz CT molecular complexity index is 413. The smallest absolute Gasteiger partial charge is 0.136 e. The molecular formula is C13H18N2OS. The van der Waals surface area contributed by atoms with Gasteiger partial charge in [0.25, 0.3) is 0 Å². The normalized spacial score (nSPS) is 29.6. The molecule has 2 unspecified atom stereocenters. The third kappa shape index (κ3) is 2.29. The van der Waals surface area contributed by atoms with E-state index in [4.69, 9.17) is 0 Å². The second-order valence-electron chi connectivity index (χ2n) is 5.20. The molecule has 3 nitrogen and oxygen atoms in total. The van der Waals surface area contributed by atoms with Crippen LogP contribution >= 0.6 is 11.3 Å². The SMILES string of the molecule is Cc1ncc(CN2C3CCCC2CC(=O)C3)s1. The van der Waals surface area contributed by atoms with Gasteiger partial charge in [-0.05, 0) is 19.8 Å². The summed E-state index contributed by atoms with van der Waals surface area (Å²) in [7, 11) is 0. The molecule has 4 heteroatoms. The fraction of sp³-hybridized carbons (Fsp3) is 0.692. The van der Waals surface area contributed by atoms with Crippen LogP contribution in [0.1, 0.15) is 42.0 Å². The first kappa shape index (κ1) is 11.4. The third-order valence-electron chi connectivity index (χ3n) is 3.95. The summed E-state index contributed by atoms with van der Waals surface area (Å²) < 4.78 is 0. The standard InChI is InChI=1S/C13H18N2OS/c1-9-14-7-13(17-9)8-15-10-3-2-4-11(15)6-12(16)5-10/h7,10-11H,2-6,8H2,1H3. The molecule has 92 valence electrons. The van der Waals surface area contributed by atoms with Crippen molar-refractivity contribution in [2.75, 3.05) is 0 Å². The highest BCUT2D eigenvalue weighted by atomic mass is 32.1. The summed E-state index contributed by atoms with van der Waals surface area (Å²) in [5, 5.41) is 1.14. The monoisotopic (exact) mass is 250 g/mol. The lowest BCUT2D eigenvalue weighted by Crippen LogP contribution is -2.51. The predicted octanol–water partition coefficient (Wildman–Crippen LogP) is 2.54. The summed E-state index contributed by atoms with van der Waals surface area (Å²) in [6.45, 7) is 3.04. The Morgan fingerprint density at radius 3 is 2.71 bits per heavy atom. The molecule has 1 aromatic heterocycles. The molecular weight excluding hydrogens is 232 g/mol.